The summed E-state index contributed by atoms with van der Waals surface area (Å²) in [7, 11) is 0. The van der Waals surface area contributed by atoms with E-state index in [0.717, 1.165) is 62.0 Å². The van der Waals surface area contributed by atoms with Gasteiger partial charge in [0.15, 0.2) is 5.82 Å². The van der Waals surface area contributed by atoms with Crippen LogP contribution in [0.3, 0.4) is 0 Å². The fraction of sp³-hybridized carbons (Fsp3) is 0.619. The summed E-state index contributed by atoms with van der Waals surface area (Å²) in [5.74, 6) is 1.76. The normalized spacial score (nSPS) is 18.8. The molecule has 1 aliphatic carbocycles. The number of amides is 1. The highest BCUT2D eigenvalue weighted by Gasteiger charge is 2.22. The lowest BCUT2D eigenvalue weighted by molar-refractivity contribution is -0.123. The zero-order chi connectivity index (χ0) is 20.2. The van der Waals surface area contributed by atoms with Gasteiger partial charge in [-0.15, -0.1) is 0 Å². The van der Waals surface area contributed by atoms with Crippen LogP contribution in [0.5, 0.6) is 0 Å². The van der Waals surface area contributed by atoms with Gasteiger partial charge in [-0.05, 0) is 32.8 Å². The van der Waals surface area contributed by atoms with Crippen molar-refractivity contribution in [3.05, 3.63) is 29.8 Å². The molecule has 2 aromatic heterocycles. The van der Waals surface area contributed by atoms with Crippen LogP contribution in [0.2, 0.25) is 0 Å². The number of nitrogens with zero attached hydrogens (tertiary/aromatic N) is 6. The van der Waals surface area contributed by atoms with Crippen LogP contribution >= 0.6 is 0 Å². The molecular formula is C21H31N7O. The molecule has 8 heteroatoms. The largest absolute Gasteiger partial charge is 0.353 e. The summed E-state index contributed by atoms with van der Waals surface area (Å²) in [5.41, 5.74) is 2.01. The minimum absolute atomic E-state index is 0.164. The van der Waals surface area contributed by atoms with Gasteiger partial charge in [0.25, 0.3) is 0 Å². The third kappa shape index (κ3) is 4.93. The Morgan fingerprint density at radius 1 is 1.07 bits per heavy atom. The number of hydrogen-bond donors (Lipinski definition) is 1. The lowest BCUT2D eigenvalue weighted by Gasteiger charge is -2.35. The van der Waals surface area contributed by atoms with Gasteiger partial charge in [-0.3, -0.25) is 14.7 Å². The Labute approximate surface area is 172 Å². The molecule has 29 heavy (non-hydrogen) atoms. The quantitative estimate of drug-likeness (QED) is 0.830. The molecule has 8 nitrogen and oxygen atoms in total. The number of carbonyl (C=O) groups excluding carboxylic acids is 1. The fourth-order valence-electron chi connectivity index (χ4n) is 4.32. The molecule has 1 amide bonds. The van der Waals surface area contributed by atoms with Crippen LogP contribution in [0.4, 0.5) is 5.82 Å². The van der Waals surface area contributed by atoms with Gasteiger partial charge in [0.05, 0.1) is 24.6 Å². The summed E-state index contributed by atoms with van der Waals surface area (Å²) in [6, 6.07) is 2.41. The van der Waals surface area contributed by atoms with E-state index in [0.29, 0.717) is 12.6 Å². The van der Waals surface area contributed by atoms with Gasteiger partial charge >= 0.3 is 0 Å². The smallest absolute Gasteiger partial charge is 0.234 e. The number of aromatic nitrogens is 4. The van der Waals surface area contributed by atoms with Gasteiger partial charge in [0, 0.05) is 37.9 Å². The summed E-state index contributed by atoms with van der Waals surface area (Å²) >= 11 is 0. The van der Waals surface area contributed by atoms with Crippen molar-refractivity contribution in [1.29, 1.82) is 0 Å². The predicted molar refractivity (Wildman–Crippen MR) is 112 cm³/mol. The van der Waals surface area contributed by atoms with Gasteiger partial charge in [-0.1, -0.05) is 19.3 Å². The van der Waals surface area contributed by atoms with Crippen molar-refractivity contribution in [3.63, 3.8) is 0 Å². The zero-order valence-electron chi connectivity index (χ0n) is 17.5. The van der Waals surface area contributed by atoms with Crippen LogP contribution in [0.1, 0.15) is 43.5 Å². The van der Waals surface area contributed by atoms with E-state index in [2.05, 4.69) is 25.2 Å². The predicted octanol–water partition coefficient (Wildman–Crippen LogP) is 1.85. The minimum atomic E-state index is 0.164. The SMILES string of the molecule is Cc1cc(C)n(-c2cncc(N3CCN(CC(=O)NC4CCCCC4)CC3)n2)n1. The van der Waals surface area contributed by atoms with E-state index >= 15 is 0 Å². The monoisotopic (exact) mass is 397 g/mol. The highest BCUT2D eigenvalue weighted by molar-refractivity contribution is 5.78. The van der Waals surface area contributed by atoms with Crippen LogP contribution in [0, 0.1) is 13.8 Å². The second-order valence-electron chi connectivity index (χ2n) is 8.24. The Hall–Kier alpha value is -2.48. The Balaban J connectivity index is 1.31. The molecule has 1 N–H and O–H groups in total. The first-order valence-corrected chi connectivity index (χ1v) is 10.7. The van der Waals surface area contributed by atoms with Crippen LogP contribution in [0.25, 0.3) is 5.82 Å². The van der Waals surface area contributed by atoms with E-state index < -0.39 is 0 Å². The van der Waals surface area contributed by atoms with Crippen LogP contribution in [-0.4, -0.2) is 69.3 Å². The molecule has 0 aromatic carbocycles. The Morgan fingerprint density at radius 2 is 1.79 bits per heavy atom. The van der Waals surface area contributed by atoms with E-state index in [9.17, 15) is 4.79 Å². The molecule has 2 aromatic rings. The minimum Gasteiger partial charge on any atom is -0.353 e. The average molecular weight is 398 g/mol. The summed E-state index contributed by atoms with van der Waals surface area (Å²) in [6.07, 6.45) is 9.59. The first-order valence-electron chi connectivity index (χ1n) is 10.7. The van der Waals surface area contributed by atoms with Gasteiger partial charge in [0.1, 0.15) is 5.82 Å². The maximum Gasteiger partial charge on any atom is 0.234 e. The number of anilines is 1. The molecule has 2 aliphatic rings. The number of rotatable bonds is 5. The first kappa shape index (κ1) is 19.8. The molecule has 156 valence electrons. The summed E-state index contributed by atoms with van der Waals surface area (Å²) in [5, 5.41) is 7.72. The van der Waals surface area contributed by atoms with Crippen LogP contribution in [0.15, 0.2) is 18.5 Å². The number of nitrogens with one attached hydrogen (secondary N) is 1. The third-order valence-corrected chi connectivity index (χ3v) is 5.87. The van der Waals surface area contributed by atoms with Gasteiger partial charge in [0.2, 0.25) is 5.91 Å². The van der Waals surface area contributed by atoms with E-state index in [-0.39, 0.29) is 5.91 Å². The number of aryl methyl sites for hydroxylation is 2. The standard InChI is InChI=1S/C21H31N7O/c1-16-12-17(2)28(25-16)20-14-22-13-19(24-20)27-10-8-26(9-11-27)15-21(29)23-18-6-4-3-5-7-18/h12-14,18H,3-11,15H2,1-2H3,(H,23,29). The van der Waals surface area contributed by atoms with Crippen molar-refractivity contribution >= 4 is 11.7 Å². The molecular weight excluding hydrogens is 366 g/mol. The molecule has 1 saturated carbocycles. The fourth-order valence-corrected chi connectivity index (χ4v) is 4.32. The van der Waals surface area contributed by atoms with E-state index in [1.807, 2.05) is 24.6 Å². The maximum absolute atomic E-state index is 12.4. The lowest BCUT2D eigenvalue weighted by Crippen LogP contribution is -2.51. The van der Waals surface area contributed by atoms with Crippen molar-refractivity contribution in [2.75, 3.05) is 37.6 Å². The molecule has 2 fully saturated rings. The molecule has 4 rings (SSSR count). The lowest BCUT2D eigenvalue weighted by atomic mass is 9.95. The molecule has 0 unspecified atom stereocenters. The summed E-state index contributed by atoms with van der Waals surface area (Å²) in [6.45, 7) is 7.86. The van der Waals surface area contributed by atoms with Gasteiger partial charge in [-0.2, -0.15) is 5.10 Å². The van der Waals surface area contributed by atoms with Crippen molar-refractivity contribution in [2.45, 2.75) is 52.0 Å². The number of piperazine rings is 1. The topological polar surface area (TPSA) is 79.2 Å². The molecule has 0 radical (unpaired) electrons. The van der Waals surface area contributed by atoms with Gasteiger partial charge in [-0.25, -0.2) is 9.67 Å². The highest BCUT2D eigenvalue weighted by Crippen LogP contribution is 2.18. The maximum atomic E-state index is 12.4. The van der Waals surface area contributed by atoms with Gasteiger partial charge < -0.3 is 10.2 Å². The van der Waals surface area contributed by atoms with Crippen molar-refractivity contribution in [2.24, 2.45) is 0 Å². The van der Waals surface area contributed by atoms with Crippen LogP contribution < -0.4 is 10.2 Å². The summed E-state index contributed by atoms with van der Waals surface area (Å²) in [4.78, 5) is 26.0. The molecule has 0 atom stereocenters. The molecule has 0 spiro atoms. The Bertz CT molecular complexity index is 835. The molecule has 1 saturated heterocycles. The molecule has 3 heterocycles. The van der Waals surface area contributed by atoms with Crippen LogP contribution in [-0.2, 0) is 4.79 Å². The average Bonchev–Trinajstić information content (AvgIpc) is 3.07. The number of carbonyl (C=O) groups is 1. The molecule has 0 bridgehead atoms. The Morgan fingerprint density at radius 3 is 2.48 bits per heavy atom. The van der Waals surface area contributed by atoms with Crippen molar-refractivity contribution in [3.8, 4) is 5.82 Å². The van der Waals surface area contributed by atoms with E-state index in [4.69, 9.17) is 4.98 Å². The van der Waals surface area contributed by atoms with E-state index in [1.54, 1.807) is 12.4 Å². The van der Waals surface area contributed by atoms with E-state index in [1.165, 1.54) is 19.3 Å². The number of hydrogen-bond acceptors (Lipinski definition) is 6. The third-order valence-electron chi connectivity index (χ3n) is 5.87. The second kappa shape index (κ2) is 8.90. The Kier molecular flexibility index (Phi) is 6.08. The van der Waals surface area contributed by atoms with Crippen molar-refractivity contribution < 1.29 is 4.79 Å². The first-order chi connectivity index (χ1) is 14.1. The van der Waals surface area contributed by atoms with Crippen molar-refractivity contribution in [1.82, 2.24) is 30.0 Å². The highest BCUT2D eigenvalue weighted by atomic mass is 16.2. The summed E-state index contributed by atoms with van der Waals surface area (Å²) < 4.78 is 1.83. The zero-order valence-corrected chi connectivity index (χ0v) is 17.5. The molecule has 1 aliphatic heterocycles. The second-order valence-corrected chi connectivity index (χ2v) is 8.24.